The van der Waals surface area contributed by atoms with Gasteiger partial charge in [-0.15, -0.1) is 0 Å². The van der Waals surface area contributed by atoms with Crippen LogP contribution in [0, 0.1) is 0 Å². The molecule has 180 valence electrons. The summed E-state index contributed by atoms with van der Waals surface area (Å²) in [5, 5.41) is 0.700. The van der Waals surface area contributed by atoms with E-state index in [-0.39, 0.29) is 33.1 Å². The number of nitrogens with zero attached hydrogens (tertiary/aromatic N) is 3. The summed E-state index contributed by atoms with van der Waals surface area (Å²) in [6.07, 6.45) is 3.19. The van der Waals surface area contributed by atoms with E-state index in [2.05, 4.69) is 19.6 Å². The van der Waals surface area contributed by atoms with Gasteiger partial charge in [0.1, 0.15) is 29.5 Å². The number of likely N-dealkylation sites (N-methyl/N-ethyl adjacent to an activating group) is 1. The molecule has 0 radical (unpaired) electrons. The van der Waals surface area contributed by atoms with Crippen molar-refractivity contribution in [2.24, 2.45) is 0 Å². The molecular formula is C24H20Cl2N4O4S. The molecule has 0 saturated carbocycles. The minimum atomic E-state index is -4.09. The monoisotopic (exact) mass is 530 g/mol. The zero-order chi connectivity index (χ0) is 24.6. The molecule has 11 heteroatoms. The molecule has 5 rings (SSSR count). The SMILES string of the molecule is CN1CCOc2cc(COc3nc4ccncc4cc3NS(=O)(=O)c3cccc(Cl)c3Cl)ccc21. The smallest absolute Gasteiger partial charge is 0.263 e. The van der Waals surface area contributed by atoms with Crippen LogP contribution >= 0.6 is 23.2 Å². The molecule has 1 aliphatic heterocycles. The van der Waals surface area contributed by atoms with Gasteiger partial charge in [-0.05, 0) is 42.0 Å². The molecule has 35 heavy (non-hydrogen) atoms. The normalized spacial score (nSPS) is 13.3. The Morgan fingerprint density at radius 1 is 1.17 bits per heavy atom. The van der Waals surface area contributed by atoms with Crippen molar-refractivity contribution in [3.8, 4) is 11.6 Å². The number of rotatable bonds is 6. The number of fused-ring (bicyclic) bond motifs is 2. The third-order valence-corrected chi connectivity index (χ3v) is 7.86. The lowest BCUT2D eigenvalue weighted by molar-refractivity contribution is 0.291. The van der Waals surface area contributed by atoms with Gasteiger partial charge >= 0.3 is 0 Å². The van der Waals surface area contributed by atoms with E-state index in [9.17, 15) is 8.42 Å². The summed E-state index contributed by atoms with van der Waals surface area (Å²) < 4.78 is 40.6. The molecule has 0 saturated heterocycles. The van der Waals surface area contributed by atoms with Crippen LogP contribution in [0.2, 0.25) is 10.0 Å². The molecule has 8 nitrogen and oxygen atoms in total. The second-order valence-corrected chi connectivity index (χ2v) is 10.4. The standard InChI is InChI=1S/C24H20Cl2N4O4S/c1-30-9-10-33-21-11-15(5-6-20(21)30)14-34-24-19(12-16-13-27-8-7-18(16)28-24)29-35(31,32)22-4-2-3-17(25)23(22)26/h2-8,11-13,29H,9-10,14H2,1H3. The van der Waals surface area contributed by atoms with Crippen molar-refractivity contribution in [3.05, 3.63) is 76.5 Å². The second kappa shape index (κ2) is 9.41. The zero-order valence-corrected chi connectivity index (χ0v) is 20.9. The van der Waals surface area contributed by atoms with Crippen LogP contribution in [0.1, 0.15) is 5.56 Å². The molecule has 1 aliphatic rings. The molecule has 4 aromatic rings. The molecule has 0 atom stereocenters. The molecule has 2 aromatic heterocycles. The predicted octanol–water partition coefficient (Wildman–Crippen LogP) is 5.15. The highest BCUT2D eigenvalue weighted by atomic mass is 35.5. The van der Waals surface area contributed by atoms with E-state index in [1.807, 2.05) is 25.2 Å². The van der Waals surface area contributed by atoms with Gasteiger partial charge in [-0.2, -0.15) is 0 Å². The Bertz CT molecular complexity index is 1530. The first-order valence-corrected chi connectivity index (χ1v) is 12.9. The minimum Gasteiger partial charge on any atom is -0.490 e. The van der Waals surface area contributed by atoms with Crippen LogP contribution in [0.5, 0.6) is 11.6 Å². The highest BCUT2D eigenvalue weighted by molar-refractivity contribution is 7.92. The maximum absolute atomic E-state index is 13.2. The van der Waals surface area contributed by atoms with Crippen LogP contribution in [0.15, 0.2) is 65.8 Å². The number of anilines is 2. The fourth-order valence-electron chi connectivity index (χ4n) is 3.72. The number of hydrogen-bond acceptors (Lipinski definition) is 7. The summed E-state index contributed by atoms with van der Waals surface area (Å²) in [4.78, 5) is 10.6. The number of sulfonamides is 1. The zero-order valence-electron chi connectivity index (χ0n) is 18.5. The van der Waals surface area contributed by atoms with Crippen LogP contribution in [0.25, 0.3) is 10.9 Å². The summed E-state index contributed by atoms with van der Waals surface area (Å²) in [5.41, 5.74) is 2.61. The third-order valence-electron chi connectivity index (χ3n) is 5.53. The first-order chi connectivity index (χ1) is 16.8. The quantitative estimate of drug-likeness (QED) is 0.368. The summed E-state index contributed by atoms with van der Waals surface area (Å²) in [7, 11) is -2.08. The van der Waals surface area contributed by atoms with Crippen molar-refractivity contribution in [2.45, 2.75) is 11.5 Å². The number of aromatic nitrogens is 2. The van der Waals surface area contributed by atoms with Gasteiger partial charge in [0.2, 0.25) is 5.88 Å². The van der Waals surface area contributed by atoms with Crippen molar-refractivity contribution in [1.82, 2.24) is 9.97 Å². The van der Waals surface area contributed by atoms with Crippen molar-refractivity contribution >= 4 is 55.5 Å². The largest absolute Gasteiger partial charge is 0.490 e. The highest BCUT2D eigenvalue weighted by Gasteiger charge is 2.23. The Balaban J connectivity index is 1.48. The van der Waals surface area contributed by atoms with E-state index in [1.54, 1.807) is 24.5 Å². The Labute approximate surface area is 212 Å². The third kappa shape index (κ3) is 4.80. The minimum absolute atomic E-state index is 0.0708. The first kappa shape index (κ1) is 23.5. The van der Waals surface area contributed by atoms with Gasteiger partial charge in [-0.25, -0.2) is 13.4 Å². The molecule has 0 aliphatic carbocycles. The van der Waals surface area contributed by atoms with E-state index in [4.69, 9.17) is 32.7 Å². The van der Waals surface area contributed by atoms with Gasteiger partial charge in [-0.3, -0.25) is 9.71 Å². The molecule has 0 bridgehead atoms. The van der Waals surface area contributed by atoms with Gasteiger partial charge in [0.25, 0.3) is 10.0 Å². The maximum atomic E-state index is 13.2. The summed E-state index contributed by atoms with van der Waals surface area (Å²) in [6, 6.07) is 13.5. The number of pyridine rings is 2. The molecule has 0 unspecified atom stereocenters. The lowest BCUT2D eigenvalue weighted by Crippen LogP contribution is -2.28. The molecule has 0 fully saturated rings. The number of ether oxygens (including phenoxy) is 2. The lowest BCUT2D eigenvalue weighted by Gasteiger charge is -2.28. The van der Waals surface area contributed by atoms with Crippen molar-refractivity contribution < 1.29 is 17.9 Å². The molecular weight excluding hydrogens is 511 g/mol. The van der Waals surface area contributed by atoms with Crippen LogP contribution in [0.4, 0.5) is 11.4 Å². The first-order valence-electron chi connectivity index (χ1n) is 10.6. The van der Waals surface area contributed by atoms with Gasteiger partial charge in [-0.1, -0.05) is 35.3 Å². The number of benzene rings is 2. The fourth-order valence-corrected chi connectivity index (χ4v) is 5.53. The van der Waals surface area contributed by atoms with E-state index in [0.29, 0.717) is 17.5 Å². The summed E-state index contributed by atoms with van der Waals surface area (Å²) in [6.45, 7) is 1.57. The Kier molecular flexibility index (Phi) is 6.31. The van der Waals surface area contributed by atoms with Crippen LogP contribution in [0.3, 0.4) is 0 Å². The number of nitrogens with one attached hydrogen (secondary N) is 1. The van der Waals surface area contributed by atoms with Crippen LogP contribution in [-0.2, 0) is 16.6 Å². The van der Waals surface area contributed by atoms with E-state index in [0.717, 1.165) is 23.5 Å². The van der Waals surface area contributed by atoms with Crippen molar-refractivity contribution in [2.75, 3.05) is 29.8 Å². The lowest BCUT2D eigenvalue weighted by atomic mass is 10.1. The molecule has 0 spiro atoms. The molecule has 0 amide bonds. The van der Waals surface area contributed by atoms with E-state index in [1.165, 1.54) is 18.2 Å². The van der Waals surface area contributed by atoms with Gasteiger partial charge in [0.15, 0.2) is 0 Å². The highest BCUT2D eigenvalue weighted by Crippen LogP contribution is 2.35. The number of hydrogen-bond donors (Lipinski definition) is 1. The van der Waals surface area contributed by atoms with Gasteiger partial charge in [0, 0.05) is 24.8 Å². The van der Waals surface area contributed by atoms with Crippen LogP contribution in [-0.4, -0.2) is 38.6 Å². The fraction of sp³-hybridized carbons (Fsp3) is 0.167. The van der Waals surface area contributed by atoms with Gasteiger partial charge < -0.3 is 14.4 Å². The topological polar surface area (TPSA) is 93.7 Å². The van der Waals surface area contributed by atoms with Crippen molar-refractivity contribution in [1.29, 1.82) is 0 Å². The Morgan fingerprint density at radius 3 is 2.89 bits per heavy atom. The Morgan fingerprint density at radius 2 is 2.03 bits per heavy atom. The average Bonchev–Trinajstić information content (AvgIpc) is 2.84. The summed E-state index contributed by atoms with van der Waals surface area (Å²) in [5.74, 6) is 0.884. The Hall–Kier alpha value is -3.27. The average molecular weight is 531 g/mol. The summed E-state index contributed by atoms with van der Waals surface area (Å²) >= 11 is 12.2. The molecule has 1 N–H and O–H groups in total. The maximum Gasteiger partial charge on any atom is 0.263 e. The van der Waals surface area contributed by atoms with Crippen LogP contribution < -0.4 is 19.1 Å². The molecule has 3 heterocycles. The predicted molar refractivity (Wildman–Crippen MR) is 136 cm³/mol. The number of halogens is 2. The molecule has 2 aromatic carbocycles. The van der Waals surface area contributed by atoms with Crippen molar-refractivity contribution in [3.63, 3.8) is 0 Å². The van der Waals surface area contributed by atoms with E-state index < -0.39 is 10.0 Å². The van der Waals surface area contributed by atoms with E-state index >= 15 is 0 Å². The van der Waals surface area contributed by atoms with Gasteiger partial charge in [0.05, 0.1) is 27.8 Å². The second-order valence-electron chi connectivity index (χ2n) is 7.93.